The first-order valence-electron chi connectivity index (χ1n) is 5.42. The predicted molar refractivity (Wildman–Crippen MR) is 62.3 cm³/mol. The monoisotopic (exact) mass is 261 g/mol. The van der Waals surface area contributed by atoms with Crippen LogP contribution in [0.1, 0.15) is 20.8 Å². The van der Waals surface area contributed by atoms with Gasteiger partial charge in [-0.2, -0.15) is 0 Å². The molecule has 104 valence electrons. The summed E-state index contributed by atoms with van der Waals surface area (Å²) in [6.45, 7) is 4.67. The molecule has 0 aromatic heterocycles. The Kier molecular flexibility index (Phi) is 5.74. The Bertz CT molecular complexity index is 317. The largest absolute Gasteiger partial charge is 0.468 e. The van der Waals surface area contributed by atoms with Crippen LogP contribution in [0.5, 0.6) is 0 Å². The molecule has 0 saturated carbocycles. The van der Waals surface area contributed by atoms with Crippen molar-refractivity contribution in [3.63, 3.8) is 0 Å². The van der Waals surface area contributed by atoms with Gasteiger partial charge >= 0.3 is 11.9 Å². The van der Waals surface area contributed by atoms with Gasteiger partial charge in [0.15, 0.2) is 5.92 Å². The van der Waals surface area contributed by atoms with E-state index < -0.39 is 40.7 Å². The minimum Gasteiger partial charge on any atom is -0.468 e. The van der Waals surface area contributed by atoms with Gasteiger partial charge < -0.3 is 9.47 Å². The molecule has 18 heavy (non-hydrogen) atoms. The van der Waals surface area contributed by atoms with Crippen LogP contribution >= 0.6 is 0 Å². The summed E-state index contributed by atoms with van der Waals surface area (Å²) < 4.78 is 9.06. The van der Waals surface area contributed by atoms with Crippen LogP contribution in [0.4, 0.5) is 0 Å². The summed E-state index contributed by atoms with van der Waals surface area (Å²) in [7, 11) is 2.26. The number of hydrogen-bond acceptors (Lipinski definition) is 6. The maximum Gasteiger partial charge on any atom is 0.320 e. The highest BCUT2D eigenvalue weighted by Gasteiger charge is 2.45. The van der Waals surface area contributed by atoms with Gasteiger partial charge in [-0.3, -0.25) is 19.7 Å². The fourth-order valence-corrected chi connectivity index (χ4v) is 1.72. The maximum atomic E-state index is 11.6. The highest BCUT2D eigenvalue weighted by Crippen LogP contribution is 2.33. The molecule has 0 amide bonds. The fraction of sp³-hybridized carbons (Fsp3) is 0.818. The second-order valence-electron chi connectivity index (χ2n) is 5.01. The first-order chi connectivity index (χ1) is 8.15. The van der Waals surface area contributed by atoms with Gasteiger partial charge in [0.25, 0.3) is 0 Å². The summed E-state index contributed by atoms with van der Waals surface area (Å²) in [5.41, 5.74) is -0.611. The van der Waals surface area contributed by atoms with Crippen molar-refractivity contribution in [1.82, 2.24) is 0 Å². The van der Waals surface area contributed by atoms with Crippen molar-refractivity contribution in [3.05, 3.63) is 10.1 Å². The third-order valence-corrected chi connectivity index (χ3v) is 2.77. The minimum atomic E-state index is -1.29. The van der Waals surface area contributed by atoms with E-state index in [0.717, 1.165) is 14.2 Å². The van der Waals surface area contributed by atoms with Crippen LogP contribution in [0.2, 0.25) is 0 Å². The van der Waals surface area contributed by atoms with E-state index in [-0.39, 0.29) is 0 Å². The quantitative estimate of drug-likeness (QED) is 0.315. The highest BCUT2D eigenvalue weighted by atomic mass is 16.6. The first kappa shape index (κ1) is 16.3. The number of methoxy groups -OCH3 is 2. The van der Waals surface area contributed by atoms with Gasteiger partial charge in [-0.15, -0.1) is 0 Å². The Labute approximate surface area is 106 Å². The molecule has 1 unspecified atom stereocenters. The maximum absolute atomic E-state index is 11.6. The van der Waals surface area contributed by atoms with Crippen molar-refractivity contribution in [3.8, 4) is 0 Å². The summed E-state index contributed by atoms with van der Waals surface area (Å²) in [5.74, 6) is -3.72. The molecular formula is C11H19NO6. The van der Waals surface area contributed by atoms with Gasteiger partial charge in [-0.25, -0.2) is 0 Å². The molecule has 0 bridgehead atoms. The molecule has 0 spiro atoms. The Hall–Kier alpha value is -1.66. The zero-order valence-corrected chi connectivity index (χ0v) is 11.3. The van der Waals surface area contributed by atoms with E-state index in [0.29, 0.717) is 0 Å². The van der Waals surface area contributed by atoms with Gasteiger partial charge in [0, 0.05) is 4.92 Å². The average molecular weight is 261 g/mol. The smallest absolute Gasteiger partial charge is 0.320 e. The van der Waals surface area contributed by atoms with Crippen LogP contribution in [0.25, 0.3) is 0 Å². The zero-order valence-electron chi connectivity index (χ0n) is 11.3. The molecule has 0 aliphatic carbocycles. The second kappa shape index (κ2) is 6.32. The van der Waals surface area contributed by atoms with E-state index >= 15 is 0 Å². The number of nitro groups is 1. The Morgan fingerprint density at radius 2 is 1.56 bits per heavy atom. The lowest BCUT2D eigenvalue weighted by Gasteiger charge is -2.31. The number of hydrogen-bond donors (Lipinski definition) is 0. The number of carbonyl (C=O) groups excluding carboxylic acids is 2. The van der Waals surface area contributed by atoms with E-state index in [9.17, 15) is 19.7 Å². The van der Waals surface area contributed by atoms with Gasteiger partial charge in [0.05, 0.1) is 20.1 Å². The van der Waals surface area contributed by atoms with Crippen molar-refractivity contribution in [2.24, 2.45) is 17.3 Å². The third-order valence-electron chi connectivity index (χ3n) is 2.77. The van der Waals surface area contributed by atoms with Crippen LogP contribution in [0.3, 0.4) is 0 Å². The molecule has 0 aromatic carbocycles. The van der Waals surface area contributed by atoms with Crippen molar-refractivity contribution < 1.29 is 24.0 Å². The molecule has 0 aliphatic heterocycles. The molecular weight excluding hydrogens is 242 g/mol. The van der Waals surface area contributed by atoms with Crippen LogP contribution in [-0.2, 0) is 19.1 Å². The normalized spacial score (nSPS) is 13.0. The minimum absolute atomic E-state index is 0.502. The number of carbonyl (C=O) groups is 2. The summed E-state index contributed by atoms with van der Waals surface area (Å²) in [6, 6.07) is 0. The molecule has 0 radical (unpaired) electrons. The second-order valence-corrected chi connectivity index (χ2v) is 5.01. The van der Waals surface area contributed by atoms with Crippen molar-refractivity contribution in [2.45, 2.75) is 20.8 Å². The average Bonchev–Trinajstić information content (AvgIpc) is 2.25. The van der Waals surface area contributed by atoms with E-state index in [1.54, 1.807) is 20.8 Å². The topological polar surface area (TPSA) is 95.7 Å². The van der Waals surface area contributed by atoms with E-state index in [1.165, 1.54) is 0 Å². The molecule has 0 saturated heterocycles. The van der Waals surface area contributed by atoms with E-state index in [1.807, 2.05) is 0 Å². The van der Waals surface area contributed by atoms with Crippen LogP contribution in [0, 0.1) is 27.4 Å². The number of nitrogens with zero attached hydrogens (tertiary/aromatic N) is 1. The van der Waals surface area contributed by atoms with E-state index in [2.05, 4.69) is 9.47 Å². The van der Waals surface area contributed by atoms with Crippen molar-refractivity contribution in [2.75, 3.05) is 20.8 Å². The van der Waals surface area contributed by atoms with Gasteiger partial charge in [-0.05, 0) is 5.41 Å². The molecule has 0 aromatic rings. The van der Waals surface area contributed by atoms with Crippen LogP contribution in [-0.4, -0.2) is 37.6 Å². The lowest BCUT2D eigenvalue weighted by atomic mass is 9.73. The Morgan fingerprint density at radius 3 is 1.78 bits per heavy atom. The molecule has 0 aliphatic rings. The molecule has 0 fully saturated rings. The Morgan fingerprint density at radius 1 is 1.17 bits per heavy atom. The fourth-order valence-electron chi connectivity index (χ4n) is 1.72. The van der Waals surface area contributed by atoms with Crippen molar-refractivity contribution in [1.29, 1.82) is 0 Å². The zero-order chi connectivity index (χ0) is 14.5. The summed E-state index contributed by atoms with van der Waals surface area (Å²) in [5, 5.41) is 10.7. The van der Waals surface area contributed by atoms with Gasteiger partial charge in [-0.1, -0.05) is 20.8 Å². The molecule has 1 atom stereocenters. The Balaban J connectivity index is 5.40. The highest BCUT2D eigenvalue weighted by molar-refractivity contribution is 5.95. The molecule has 7 heteroatoms. The predicted octanol–water partition coefficient (Wildman–Crippen LogP) is 0.888. The number of rotatable bonds is 5. The lowest BCUT2D eigenvalue weighted by molar-refractivity contribution is -0.492. The summed E-state index contributed by atoms with van der Waals surface area (Å²) in [4.78, 5) is 33.4. The molecule has 7 nitrogen and oxygen atoms in total. The molecule has 0 heterocycles. The van der Waals surface area contributed by atoms with Crippen LogP contribution in [0.15, 0.2) is 0 Å². The number of ether oxygens (including phenoxy) is 2. The summed E-state index contributed by atoms with van der Waals surface area (Å²) in [6.07, 6.45) is 0. The van der Waals surface area contributed by atoms with Gasteiger partial charge in [0.1, 0.15) is 0 Å². The first-order valence-corrected chi connectivity index (χ1v) is 5.42. The lowest BCUT2D eigenvalue weighted by Crippen LogP contribution is -2.43. The van der Waals surface area contributed by atoms with Gasteiger partial charge in [0.2, 0.25) is 6.54 Å². The van der Waals surface area contributed by atoms with E-state index in [4.69, 9.17) is 0 Å². The molecule has 0 N–H and O–H groups in total. The van der Waals surface area contributed by atoms with Crippen LogP contribution < -0.4 is 0 Å². The summed E-state index contributed by atoms with van der Waals surface area (Å²) >= 11 is 0. The van der Waals surface area contributed by atoms with Crippen molar-refractivity contribution >= 4 is 11.9 Å². The SMILES string of the molecule is COC(=O)C(C(=O)OC)C(C[N+](=O)[O-])C(C)(C)C. The standard InChI is InChI=1S/C11H19NO6/c1-11(2,3)7(6-12(15)16)8(9(13)17-4)10(14)18-5/h7-8H,6H2,1-5H3. The molecule has 0 rings (SSSR count). The third kappa shape index (κ3) is 4.31. The number of esters is 2.